The van der Waals surface area contributed by atoms with Crippen LogP contribution in [0.2, 0.25) is 0 Å². The predicted octanol–water partition coefficient (Wildman–Crippen LogP) is 3.13. The molecule has 122 valence electrons. The summed E-state index contributed by atoms with van der Waals surface area (Å²) in [6.45, 7) is 4.76. The van der Waals surface area contributed by atoms with Gasteiger partial charge >= 0.3 is 0 Å². The Kier molecular flexibility index (Phi) is 5.65. The maximum absolute atomic E-state index is 10.8. The van der Waals surface area contributed by atoms with Crippen molar-refractivity contribution in [2.24, 2.45) is 11.8 Å². The Morgan fingerprint density at radius 2 is 2.23 bits per heavy atom. The van der Waals surface area contributed by atoms with Crippen LogP contribution in [-0.4, -0.2) is 43.4 Å². The molecule has 1 aromatic rings. The molecule has 0 aromatic heterocycles. The van der Waals surface area contributed by atoms with Gasteiger partial charge in [0.25, 0.3) is 0 Å². The minimum absolute atomic E-state index is 0.254. The number of benzene rings is 1. The lowest BCUT2D eigenvalue weighted by atomic mass is 9.69. The smallest absolute Gasteiger partial charge is 0.119 e. The van der Waals surface area contributed by atoms with Gasteiger partial charge in [-0.05, 0) is 63.4 Å². The second-order valence-electron chi connectivity index (χ2n) is 6.85. The van der Waals surface area contributed by atoms with E-state index in [4.69, 9.17) is 4.74 Å². The van der Waals surface area contributed by atoms with Crippen molar-refractivity contribution >= 4 is 0 Å². The molecular weight excluding hydrogens is 274 g/mol. The van der Waals surface area contributed by atoms with Crippen molar-refractivity contribution in [2.45, 2.75) is 31.3 Å². The van der Waals surface area contributed by atoms with E-state index in [2.05, 4.69) is 37.7 Å². The average Bonchev–Trinajstić information content (AvgIpc) is 2.50. The van der Waals surface area contributed by atoms with E-state index in [0.717, 1.165) is 38.0 Å². The first kappa shape index (κ1) is 17.0. The summed E-state index contributed by atoms with van der Waals surface area (Å²) >= 11 is 0. The Labute approximate surface area is 134 Å². The van der Waals surface area contributed by atoms with Gasteiger partial charge in [0.1, 0.15) is 5.75 Å². The maximum atomic E-state index is 10.8. The van der Waals surface area contributed by atoms with Gasteiger partial charge < -0.3 is 14.7 Å². The molecule has 0 spiro atoms. The molecule has 1 saturated carbocycles. The van der Waals surface area contributed by atoms with Crippen LogP contribution in [0, 0.1) is 11.8 Å². The van der Waals surface area contributed by atoms with Crippen LogP contribution in [0.15, 0.2) is 36.9 Å². The third-order valence-corrected chi connectivity index (χ3v) is 4.88. The van der Waals surface area contributed by atoms with Gasteiger partial charge in [0, 0.05) is 12.5 Å². The molecule has 3 heteroatoms. The molecule has 0 aliphatic heterocycles. The molecule has 22 heavy (non-hydrogen) atoms. The highest BCUT2D eigenvalue weighted by atomic mass is 16.5. The number of hydrogen-bond acceptors (Lipinski definition) is 3. The lowest BCUT2D eigenvalue weighted by Crippen LogP contribution is -2.46. The van der Waals surface area contributed by atoms with E-state index in [9.17, 15) is 5.11 Å². The van der Waals surface area contributed by atoms with Crippen molar-refractivity contribution in [1.82, 2.24) is 4.90 Å². The highest BCUT2D eigenvalue weighted by molar-refractivity contribution is 5.28. The fraction of sp³-hybridized carbons (Fsp3) is 0.579. The summed E-state index contributed by atoms with van der Waals surface area (Å²) in [5.41, 5.74) is 0.604. The lowest BCUT2D eigenvalue weighted by Gasteiger charge is -2.42. The van der Waals surface area contributed by atoms with E-state index in [1.54, 1.807) is 13.2 Å². The van der Waals surface area contributed by atoms with Crippen LogP contribution < -0.4 is 4.74 Å². The topological polar surface area (TPSA) is 32.7 Å². The van der Waals surface area contributed by atoms with E-state index in [0.29, 0.717) is 5.92 Å². The highest BCUT2D eigenvalue weighted by Crippen LogP contribution is 2.39. The predicted molar refractivity (Wildman–Crippen MR) is 91.2 cm³/mol. The zero-order chi connectivity index (χ0) is 16.2. The van der Waals surface area contributed by atoms with Gasteiger partial charge in [-0.1, -0.05) is 18.2 Å². The van der Waals surface area contributed by atoms with Crippen LogP contribution in [0.4, 0.5) is 0 Å². The van der Waals surface area contributed by atoms with Crippen molar-refractivity contribution in [1.29, 1.82) is 0 Å². The van der Waals surface area contributed by atoms with Crippen molar-refractivity contribution in [3.05, 3.63) is 42.5 Å². The fourth-order valence-electron chi connectivity index (χ4n) is 3.62. The van der Waals surface area contributed by atoms with Crippen molar-refractivity contribution in [3.63, 3.8) is 0 Å². The Bertz CT molecular complexity index is 500. The van der Waals surface area contributed by atoms with E-state index in [-0.39, 0.29) is 5.92 Å². The quantitative estimate of drug-likeness (QED) is 0.820. The number of rotatable bonds is 6. The molecule has 0 radical (unpaired) electrons. The zero-order valence-corrected chi connectivity index (χ0v) is 14.1. The van der Waals surface area contributed by atoms with Gasteiger partial charge in [-0.3, -0.25) is 0 Å². The molecule has 3 nitrogen and oxygen atoms in total. The Morgan fingerprint density at radius 1 is 1.45 bits per heavy atom. The summed E-state index contributed by atoms with van der Waals surface area (Å²) in [6, 6.07) is 8.32. The second kappa shape index (κ2) is 7.30. The Balaban J connectivity index is 2.05. The van der Waals surface area contributed by atoms with Crippen LogP contribution in [0.25, 0.3) is 0 Å². The molecule has 0 saturated heterocycles. The molecule has 1 aromatic carbocycles. The summed E-state index contributed by atoms with van der Waals surface area (Å²) in [5, 5.41) is 10.8. The molecule has 1 aliphatic rings. The van der Waals surface area contributed by atoms with Crippen LogP contribution >= 0.6 is 0 Å². The van der Waals surface area contributed by atoms with Crippen molar-refractivity contribution in [3.8, 4) is 5.75 Å². The van der Waals surface area contributed by atoms with E-state index >= 15 is 0 Å². The number of methoxy groups -OCH3 is 1. The monoisotopic (exact) mass is 303 g/mol. The molecule has 0 amide bonds. The van der Waals surface area contributed by atoms with Gasteiger partial charge in [-0.15, -0.1) is 6.58 Å². The number of nitrogens with zero attached hydrogens (tertiary/aromatic N) is 1. The molecule has 1 fully saturated rings. The van der Waals surface area contributed by atoms with Gasteiger partial charge in [-0.25, -0.2) is 0 Å². The minimum atomic E-state index is -0.713. The van der Waals surface area contributed by atoms with Gasteiger partial charge in [0.15, 0.2) is 0 Å². The van der Waals surface area contributed by atoms with E-state index in [1.165, 1.54) is 5.56 Å². The van der Waals surface area contributed by atoms with Crippen molar-refractivity contribution < 1.29 is 9.84 Å². The average molecular weight is 303 g/mol. The first-order valence-electron chi connectivity index (χ1n) is 8.10. The summed E-state index contributed by atoms with van der Waals surface area (Å²) < 4.78 is 5.31. The Morgan fingerprint density at radius 3 is 2.86 bits per heavy atom. The van der Waals surface area contributed by atoms with Gasteiger partial charge in [-0.2, -0.15) is 0 Å². The summed E-state index contributed by atoms with van der Waals surface area (Å²) in [6.07, 6.45) is 5.70. The zero-order valence-electron chi connectivity index (χ0n) is 14.1. The number of hydrogen-bond donors (Lipinski definition) is 1. The minimum Gasteiger partial charge on any atom is -0.497 e. The SMILES string of the molecule is C=CC1(O)CCC(Cc2cccc(OC)c2)CC1CN(C)C. The summed E-state index contributed by atoms with van der Waals surface area (Å²) in [7, 11) is 5.83. The van der Waals surface area contributed by atoms with Crippen LogP contribution in [0.1, 0.15) is 24.8 Å². The van der Waals surface area contributed by atoms with E-state index in [1.807, 2.05) is 12.1 Å². The molecule has 3 unspecified atom stereocenters. The van der Waals surface area contributed by atoms with Crippen molar-refractivity contribution in [2.75, 3.05) is 27.7 Å². The first-order valence-corrected chi connectivity index (χ1v) is 8.10. The molecular formula is C19H29NO2. The van der Waals surface area contributed by atoms with Gasteiger partial charge in [0.05, 0.1) is 12.7 Å². The maximum Gasteiger partial charge on any atom is 0.119 e. The van der Waals surface area contributed by atoms with Crippen LogP contribution in [0.3, 0.4) is 0 Å². The van der Waals surface area contributed by atoms with Crippen LogP contribution in [0.5, 0.6) is 5.75 Å². The number of ether oxygens (including phenoxy) is 1. The molecule has 3 atom stereocenters. The molecule has 2 rings (SSSR count). The molecule has 0 heterocycles. The molecule has 0 bridgehead atoms. The Hall–Kier alpha value is -1.32. The largest absolute Gasteiger partial charge is 0.497 e. The fourth-order valence-corrected chi connectivity index (χ4v) is 3.62. The van der Waals surface area contributed by atoms with E-state index < -0.39 is 5.60 Å². The normalized spacial score (nSPS) is 28.6. The highest BCUT2D eigenvalue weighted by Gasteiger charge is 2.39. The molecule has 1 N–H and O–H groups in total. The lowest BCUT2D eigenvalue weighted by molar-refractivity contribution is -0.0298. The third-order valence-electron chi connectivity index (χ3n) is 4.88. The van der Waals surface area contributed by atoms with Crippen LogP contribution in [-0.2, 0) is 6.42 Å². The summed E-state index contributed by atoms with van der Waals surface area (Å²) in [5.74, 6) is 1.78. The third kappa shape index (κ3) is 4.11. The second-order valence-corrected chi connectivity index (χ2v) is 6.85. The summed E-state index contributed by atoms with van der Waals surface area (Å²) in [4.78, 5) is 2.16. The van der Waals surface area contributed by atoms with Gasteiger partial charge in [0.2, 0.25) is 0 Å². The standard InChI is InChI=1S/C19H29NO2/c1-5-19(21)10-9-16(12-17(19)14-20(2)3)11-15-7-6-8-18(13-15)22-4/h5-8,13,16-17,21H,1,9-12,14H2,2-4H3. The first-order chi connectivity index (χ1) is 10.5. The molecule has 1 aliphatic carbocycles. The number of aliphatic hydroxyl groups is 1.